The number of hydrogen-bond donors (Lipinski definition) is 1. The third kappa shape index (κ3) is 3.29. The number of amides is 1. The molecule has 2 heterocycles. The summed E-state index contributed by atoms with van der Waals surface area (Å²) in [7, 11) is 0. The van der Waals surface area contributed by atoms with E-state index in [0.717, 1.165) is 49.3 Å². The molecule has 0 spiro atoms. The number of aryl methyl sites for hydroxylation is 1. The Morgan fingerprint density at radius 2 is 2.13 bits per heavy atom. The van der Waals surface area contributed by atoms with Gasteiger partial charge in [0.05, 0.1) is 6.04 Å². The summed E-state index contributed by atoms with van der Waals surface area (Å²) in [5.41, 5.74) is 7.40. The first-order chi connectivity index (χ1) is 11.2. The maximum absolute atomic E-state index is 12.7. The number of nitrogens with two attached hydrogens (primary N) is 1. The van der Waals surface area contributed by atoms with E-state index in [2.05, 4.69) is 16.5 Å². The number of hydrogen-bond acceptors (Lipinski definition) is 3. The number of piperidine rings is 1. The fourth-order valence-electron chi connectivity index (χ4n) is 3.28. The Kier molecular flexibility index (Phi) is 4.76. The van der Waals surface area contributed by atoms with Crippen LogP contribution in [0.5, 0.6) is 0 Å². The zero-order chi connectivity index (χ0) is 16.2. The number of carbonyl (C=O) groups excluding carboxylic acids is 1. The van der Waals surface area contributed by atoms with Gasteiger partial charge in [0.1, 0.15) is 5.82 Å². The van der Waals surface area contributed by atoms with Gasteiger partial charge >= 0.3 is 0 Å². The van der Waals surface area contributed by atoms with E-state index in [9.17, 15) is 4.79 Å². The number of imidazole rings is 1. The van der Waals surface area contributed by atoms with E-state index < -0.39 is 0 Å². The SMILES string of the molecule is CCc1nccn1C1CCCN(C(=O)c2ccc(CN)cc2)C1. The van der Waals surface area contributed by atoms with Crippen molar-refractivity contribution in [1.29, 1.82) is 0 Å². The van der Waals surface area contributed by atoms with E-state index >= 15 is 0 Å². The number of benzene rings is 1. The van der Waals surface area contributed by atoms with Crippen molar-refractivity contribution in [3.05, 3.63) is 53.6 Å². The summed E-state index contributed by atoms with van der Waals surface area (Å²) in [6.45, 7) is 4.19. The molecular weight excluding hydrogens is 288 g/mol. The largest absolute Gasteiger partial charge is 0.337 e. The van der Waals surface area contributed by atoms with Crippen molar-refractivity contribution in [2.45, 2.75) is 38.8 Å². The standard InChI is InChI=1S/C18H24N4O/c1-2-17-20-9-11-22(17)16-4-3-10-21(13-16)18(23)15-7-5-14(12-19)6-8-15/h5-9,11,16H,2-4,10,12-13,19H2,1H3. The first kappa shape index (κ1) is 15.7. The number of aromatic nitrogens is 2. The highest BCUT2D eigenvalue weighted by molar-refractivity contribution is 5.94. The first-order valence-electron chi connectivity index (χ1n) is 8.33. The summed E-state index contributed by atoms with van der Waals surface area (Å²) >= 11 is 0. The Balaban J connectivity index is 1.73. The Hall–Kier alpha value is -2.14. The highest BCUT2D eigenvalue weighted by Gasteiger charge is 2.26. The second-order valence-corrected chi connectivity index (χ2v) is 6.05. The van der Waals surface area contributed by atoms with E-state index in [1.165, 1.54) is 0 Å². The van der Waals surface area contributed by atoms with Gasteiger partial charge in [0.2, 0.25) is 0 Å². The molecule has 1 amide bonds. The molecule has 1 aliphatic heterocycles. The molecule has 1 atom stereocenters. The van der Waals surface area contributed by atoms with Gasteiger partial charge in [0.15, 0.2) is 0 Å². The van der Waals surface area contributed by atoms with Gasteiger partial charge < -0.3 is 15.2 Å². The normalized spacial score (nSPS) is 18.2. The Morgan fingerprint density at radius 3 is 2.83 bits per heavy atom. The van der Waals surface area contributed by atoms with Gasteiger partial charge in [-0.3, -0.25) is 4.79 Å². The van der Waals surface area contributed by atoms with Crippen molar-refractivity contribution in [2.24, 2.45) is 5.73 Å². The maximum atomic E-state index is 12.7. The molecule has 0 bridgehead atoms. The average Bonchev–Trinajstić information content (AvgIpc) is 3.10. The van der Waals surface area contributed by atoms with E-state index in [1.54, 1.807) is 0 Å². The lowest BCUT2D eigenvalue weighted by molar-refractivity contribution is 0.0678. The van der Waals surface area contributed by atoms with Gasteiger partial charge in [0.25, 0.3) is 5.91 Å². The van der Waals surface area contributed by atoms with Crippen LogP contribution in [0.4, 0.5) is 0 Å². The predicted molar refractivity (Wildman–Crippen MR) is 90.1 cm³/mol. The third-order valence-corrected chi connectivity index (χ3v) is 4.58. The minimum absolute atomic E-state index is 0.108. The molecule has 122 valence electrons. The minimum Gasteiger partial charge on any atom is -0.337 e. The molecule has 1 saturated heterocycles. The molecule has 0 saturated carbocycles. The minimum atomic E-state index is 0.108. The van der Waals surface area contributed by atoms with Gasteiger partial charge in [-0.1, -0.05) is 19.1 Å². The number of carbonyl (C=O) groups is 1. The fraction of sp³-hybridized carbons (Fsp3) is 0.444. The van der Waals surface area contributed by atoms with E-state index in [4.69, 9.17) is 5.73 Å². The topological polar surface area (TPSA) is 64.2 Å². The third-order valence-electron chi connectivity index (χ3n) is 4.58. The zero-order valence-corrected chi connectivity index (χ0v) is 13.6. The fourth-order valence-corrected chi connectivity index (χ4v) is 3.28. The molecule has 1 aromatic heterocycles. The molecule has 1 aliphatic rings. The average molecular weight is 312 g/mol. The molecule has 0 aliphatic carbocycles. The van der Waals surface area contributed by atoms with Crippen LogP contribution in [0.15, 0.2) is 36.7 Å². The molecular formula is C18H24N4O. The molecule has 0 radical (unpaired) electrons. The molecule has 5 heteroatoms. The van der Waals surface area contributed by atoms with Gasteiger partial charge in [-0.15, -0.1) is 0 Å². The van der Waals surface area contributed by atoms with Crippen molar-refractivity contribution in [2.75, 3.05) is 13.1 Å². The highest BCUT2D eigenvalue weighted by Crippen LogP contribution is 2.24. The summed E-state index contributed by atoms with van der Waals surface area (Å²) in [6, 6.07) is 7.94. The van der Waals surface area contributed by atoms with Crippen LogP contribution in [0.25, 0.3) is 0 Å². The second kappa shape index (κ2) is 6.96. The molecule has 23 heavy (non-hydrogen) atoms. The van der Waals surface area contributed by atoms with E-state index in [-0.39, 0.29) is 5.91 Å². The van der Waals surface area contributed by atoms with Crippen LogP contribution in [-0.4, -0.2) is 33.4 Å². The lowest BCUT2D eigenvalue weighted by atomic mass is 10.0. The summed E-state index contributed by atoms with van der Waals surface area (Å²) in [5.74, 6) is 1.20. The highest BCUT2D eigenvalue weighted by atomic mass is 16.2. The Bertz CT molecular complexity index is 662. The second-order valence-electron chi connectivity index (χ2n) is 6.05. The van der Waals surface area contributed by atoms with Crippen LogP contribution in [0.3, 0.4) is 0 Å². The van der Waals surface area contributed by atoms with Crippen molar-refractivity contribution in [3.8, 4) is 0 Å². The van der Waals surface area contributed by atoms with Crippen LogP contribution in [-0.2, 0) is 13.0 Å². The van der Waals surface area contributed by atoms with Crippen molar-refractivity contribution in [3.63, 3.8) is 0 Å². The van der Waals surface area contributed by atoms with Crippen LogP contribution < -0.4 is 5.73 Å². The first-order valence-corrected chi connectivity index (χ1v) is 8.33. The summed E-state index contributed by atoms with van der Waals surface area (Å²) < 4.78 is 2.23. The van der Waals surface area contributed by atoms with Gasteiger partial charge in [0, 0.05) is 44.0 Å². The van der Waals surface area contributed by atoms with Gasteiger partial charge in [-0.25, -0.2) is 4.98 Å². The molecule has 1 unspecified atom stereocenters. The summed E-state index contributed by atoms with van der Waals surface area (Å²) in [5, 5.41) is 0. The predicted octanol–water partition coefficient (Wildman–Crippen LogP) is 2.38. The van der Waals surface area contributed by atoms with Crippen LogP contribution >= 0.6 is 0 Å². The maximum Gasteiger partial charge on any atom is 0.253 e. The Labute approximate surface area is 137 Å². The summed E-state index contributed by atoms with van der Waals surface area (Å²) in [4.78, 5) is 19.1. The molecule has 3 rings (SSSR count). The lowest BCUT2D eigenvalue weighted by Gasteiger charge is -2.34. The lowest BCUT2D eigenvalue weighted by Crippen LogP contribution is -2.40. The summed E-state index contributed by atoms with van der Waals surface area (Å²) in [6.07, 6.45) is 6.93. The van der Waals surface area contributed by atoms with Crippen molar-refractivity contribution in [1.82, 2.24) is 14.5 Å². The zero-order valence-electron chi connectivity index (χ0n) is 13.6. The van der Waals surface area contributed by atoms with Crippen LogP contribution in [0, 0.1) is 0 Å². The smallest absolute Gasteiger partial charge is 0.253 e. The molecule has 1 fully saturated rings. The number of rotatable bonds is 4. The quantitative estimate of drug-likeness (QED) is 0.942. The van der Waals surface area contributed by atoms with Crippen molar-refractivity contribution < 1.29 is 4.79 Å². The van der Waals surface area contributed by atoms with Crippen LogP contribution in [0.1, 0.15) is 47.6 Å². The molecule has 2 aromatic rings. The van der Waals surface area contributed by atoms with Crippen molar-refractivity contribution >= 4 is 5.91 Å². The van der Waals surface area contributed by atoms with E-state index in [1.807, 2.05) is 41.6 Å². The molecule has 2 N–H and O–H groups in total. The monoisotopic (exact) mass is 312 g/mol. The number of likely N-dealkylation sites (tertiary alicyclic amines) is 1. The van der Waals surface area contributed by atoms with E-state index in [0.29, 0.717) is 12.6 Å². The molecule has 5 nitrogen and oxygen atoms in total. The Morgan fingerprint density at radius 1 is 1.35 bits per heavy atom. The number of nitrogens with zero attached hydrogens (tertiary/aromatic N) is 3. The molecule has 1 aromatic carbocycles. The van der Waals surface area contributed by atoms with Crippen LogP contribution in [0.2, 0.25) is 0 Å². The van der Waals surface area contributed by atoms with Gasteiger partial charge in [-0.2, -0.15) is 0 Å². The van der Waals surface area contributed by atoms with Gasteiger partial charge in [-0.05, 0) is 30.5 Å².